The van der Waals surface area contributed by atoms with Gasteiger partial charge in [-0.2, -0.15) is 0 Å². The van der Waals surface area contributed by atoms with Crippen LogP contribution >= 0.6 is 0 Å². The molecular weight excluding hydrogens is 292 g/mol. The van der Waals surface area contributed by atoms with Crippen molar-refractivity contribution in [1.82, 2.24) is 9.88 Å². The molecule has 0 bridgehead atoms. The molecule has 126 valence electrons. The van der Waals surface area contributed by atoms with E-state index in [1.54, 1.807) is 12.3 Å². The molecule has 1 amide bonds. The number of rotatable bonds is 4. The molecule has 0 aliphatic carbocycles. The molecule has 1 fully saturated rings. The van der Waals surface area contributed by atoms with Crippen molar-refractivity contribution >= 4 is 11.9 Å². The van der Waals surface area contributed by atoms with Gasteiger partial charge in [-0.05, 0) is 42.7 Å². The van der Waals surface area contributed by atoms with Crippen molar-refractivity contribution in [2.24, 2.45) is 0 Å². The average molecular weight is 318 g/mol. The van der Waals surface area contributed by atoms with E-state index in [0.717, 1.165) is 24.8 Å². The summed E-state index contributed by atoms with van der Waals surface area (Å²) in [6.45, 7) is 7.01. The van der Waals surface area contributed by atoms with E-state index in [1.807, 2.05) is 11.0 Å². The van der Waals surface area contributed by atoms with E-state index in [4.69, 9.17) is 5.11 Å². The number of aromatic nitrogens is 1. The summed E-state index contributed by atoms with van der Waals surface area (Å²) < 4.78 is 0. The van der Waals surface area contributed by atoms with E-state index in [0.29, 0.717) is 18.7 Å². The van der Waals surface area contributed by atoms with Crippen molar-refractivity contribution in [3.63, 3.8) is 0 Å². The summed E-state index contributed by atoms with van der Waals surface area (Å²) in [6, 6.07) is 3.75. The Morgan fingerprint density at radius 3 is 2.61 bits per heavy atom. The minimum absolute atomic E-state index is 0.00370. The first kappa shape index (κ1) is 17.4. The monoisotopic (exact) mass is 318 g/mol. The van der Waals surface area contributed by atoms with Gasteiger partial charge < -0.3 is 10.0 Å². The summed E-state index contributed by atoms with van der Waals surface area (Å²) in [5, 5.41) is 8.88. The zero-order valence-electron chi connectivity index (χ0n) is 14.2. The lowest BCUT2D eigenvalue weighted by Gasteiger charge is -2.35. The van der Waals surface area contributed by atoms with Crippen molar-refractivity contribution in [2.45, 2.75) is 64.3 Å². The van der Waals surface area contributed by atoms with Crippen LogP contribution in [0.25, 0.3) is 0 Å². The lowest BCUT2D eigenvalue weighted by Crippen LogP contribution is -2.44. The number of carbonyl (C=O) groups excluding carboxylic acids is 1. The third kappa shape index (κ3) is 4.53. The zero-order valence-corrected chi connectivity index (χ0v) is 14.2. The Hall–Kier alpha value is -1.91. The maximum absolute atomic E-state index is 12.7. The summed E-state index contributed by atoms with van der Waals surface area (Å²) in [6.07, 6.45) is 5.27. The van der Waals surface area contributed by atoms with Crippen LogP contribution in [0.5, 0.6) is 0 Å². The van der Waals surface area contributed by atoms with Crippen LogP contribution in [0.4, 0.5) is 0 Å². The Balaban J connectivity index is 2.11. The van der Waals surface area contributed by atoms with Crippen molar-refractivity contribution < 1.29 is 14.7 Å². The predicted molar refractivity (Wildman–Crippen MR) is 88.5 cm³/mol. The number of carboxylic acid groups (broad SMARTS) is 1. The van der Waals surface area contributed by atoms with E-state index in [9.17, 15) is 9.59 Å². The molecule has 23 heavy (non-hydrogen) atoms. The third-order valence-electron chi connectivity index (χ3n) is 4.43. The molecule has 0 radical (unpaired) electrons. The van der Waals surface area contributed by atoms with E-state index < -0.39 is 5.97 Å². The average Bonchev–Trinajstić information content (AvgIpc) is 2.52. The Bertz CT molecular complexity index is 561. The van der Waals surface area contributed by atoms with Crippen LogP contribution in [0.15, 0.2) is 18.3 Å². The van der Waals surface area contributed by atoms with Crippen LogP contribution in [0, 0.1) is 0 Å². The van der Waals surface area contributed by atoms with E-state index in [2.05, 4.69) is 25.8 Å². The van der Waals surface area contributed by atoms with Crippen LogP contribution < -0.4 is 0 Å². The van der Waals surface area contributed by atoms with Crippen molar-refractivity contribution in [2.75, 3.05) is 6.54 Å². The highest BCUT2D eigenvalue weighted by Crippen LogP contribution is 2.24. The van der Waals surface area contributed by atoms with Crippen LogP contribution in [-0.4, -0.2) is 39.5 Å². The molecule has 2 heterocycles. The molecule has 5 nitrogen and oxygen atoms in total. The number of hydrogen-bond donors (Lipinski definition) is 1. The van der Waals surface area contributed by atoms with Gasteiger partial charge in [0.25, 0.3) is 5.91 Å². The molecule has 1 aliphatic heterocycles. The van der Waals surface area contributed by atoms with E-state index >= 15 is 0 Å². The highest BCUT2D eigenvalue weighted by atomic mass is 16.4. The molecule has 0 saturated carbocycles. The van der Waals surface area contributed by atoms with Crippen molar-refractivity contribution in [3.8, 4) is 0 Å². The van der Waals surface area contributed by atoms with Crippen LogP contribution in [0.1, 0.15) is 68.9 Å². The molecule has 1 unspecified atom stereocenters. The molecule has 1 aromatic heterocycles. The number of likely N-dealkylation sites (tertiary alicyclic amines) is 1. The molecule has 1 atom stereocenters. The van der Waals surface area contributed by atoms with Crippen LogP contribution in [0.2, 0.25) is 0 Å². The molecule has 1 saturated heterocycles. The lowest BCUT2D eigenvalue weighted by molar-refractivity contribution is -0.137. The number of hydrogen-bond acceptors (Lipinski definition) is 3. The lowest BCUT2D eigenvalue weighted by atomic mass is 9.88. The first-order chi connectivity index (χ1) is 10.8. The summed E-state index contributed by atoms with van der Waals surface area (Å²) >= 11 is 0. The van der Waals surface area contributed by atoms with Gasteiger partial charge >= 0.3 is 5.97 Å². The van der Waals surface area contributed by atoms with Crippen molar-refractivity contribution in [1.29, 1.82) is 0 Å². The number of amides is 1. The third-order valence-corrected chi connectivity index (χ3v) is 4.43. The Morgan fingerprint density at radius 2 is 2.04 bits per heavy atom. The summed E-state index contributed by atoms with van der Waals surface area (Å²) in [5.74, 6) is -0.892. The largest absolute Gasteiger partial charge is 0.481 e. The molecular formula is C18H26N2O3. The predicted octanol–water partition coefficient (Wildman–Crippen LogP) is 3.24. The highest BCUT2D eigenvalue weighted by molar-refractivity contribution is 5.92. The van der Waals surface area contributed by atoms with Gasteiger partial charge in [0.1, 0.15) is 5.69 Å². The summed E-state index contributed by atoms with van der Waals surface area (Å²) in [4.78, 5) is 29.7. The Kier molecular flexibility index (Phi) is 5.39. The highest BCUT2D eigenvalue weighted by Gasteiger charge is 2.28. The number of nitrogens with zero attached hydrogens (tertiary/aromatic N) is 2. The summed E-state index contributed by atoms with van der Waals surface area (Å²) in [7, 11) is 0. The molecule has 1 aliphatic rings. The minimum atomic E-state index is -0.810. The molecule has 1 aromatic rings. The fourth-order valence-corrected chi connectivity index (χ4v) is 2.97. The fourth-order valence-electron chi connectivity index (χ4n) is 2.97. The number of carbonyl (C=O) groups is 2. The van der Waals surface area contributed by atoms with Crippen molar-refractivity contribution in [3.05, 3.63) is 29.6 Å². The summed E-state index contributed by atoms with van der Waals surface area (Å²) in [5.41, 5.74) is 1.54. The topological polar surface area (TPSA) is 70.5 Å². The van der Waals surface area contributed by atoms with E-state index in [1.165, 1.54) is 0 Å². The Labute approximate surface area is 137 Å². The van der Waals surface area contributed by atoms with Crippen LogP contribution in [-0.2, 0) is 10.2 Å². The van der Waals surface area contributed by atoms with Gasteiger partial charge in [0.2, 0.25) is 0 Å². The maximum Gasteiger partial charge on any atom is 0.303 e. The van der Waals surface area contributed by atoms with Gasteiger partial charge in [0.15, 0.2) is 0 Å². The number of piperidine rings is 1. The van der Waals surface area contributed by atoms with Crippen LogP contribution in [0.3, 0.4) is 0 Å². The van der Waals surface area contributed by atoms with Gasteiger partial charge in [-0.25, -0.2) is 0 Å². The van der Waals surface area contributed by atoms with Gasteiger partial charge in [-0.3, -0.25) is 14.6 Å². The second-order valence-electron chi connectivity index (χ2n) is 7.26. The first-order valence-corrected chi connectivity index (χ1v) is 8.28. The number of aliphatic carboxylic acids is 1. The number of carboxylic acids is 1. The molecule has 1 N–H and O–H groups in total. The normalized spacial score (nSPS) is 18.7. The molecule has 5 heteroatoms. The number of pyridine rings is 1. The van der Waals surface area contributed by atoms with Gasteiger partial charge in [-0.1, -0.05) is 26.8 Å². The molecule has 0 spiro atoms. The molecule has 2 rings (SSSR count). The van der Waals surface area contributed by atoms with Gasteiger partial charge in [0, 0.05) is 25.2 Å². The smallest absolute Gasteiger partial charge is 0.303 e. The standard InChI is InChI=1S/C18H26N2O3/c1-18(2,3)13-7-9-15(19-12-13)17(23)20-11-5-4-6-14(20)8-10-16(21)22/h7,9,12,14H,4-6,8,10-11H2,1-3H3,(H,21,22). The van der Waals surface area contributed by atoms with Gasteiger partial charge in [0.05, 0.1) is 0 Å². The van der Waals surface area contributed by atoms with Gasteiger partial charge in [-0.15, -0.1) is 0 Å². The SMILES string of the molecule is CC(C)(C)c1ccc(C(=O)N2CCCCC2CCC(=O)O)nc1. The maximum atomic E-state index is 12.7. The minimum Gasteiger partial charge on any atom is -0.481 e. The zero-order chi connectivity index (χ0) is 17.0. The molecule has 0 aromatic carbocycles. The second-order valence-corrected chi connectivity index (χ2v) is 7.26. The second kappa shape index (κ2) is 7.11. The Morgan fingerprint density at radius 1 is 1.30 bits per heavy atom. The fraction of sp³-hybridized carbons (Fsp3) is 0.611. The van der Waals surface area contributed by atoms with E-state index in [-0.39, 0.29) is 23.8 Å². The first-order valence-electron chi connectivity index (χ1n) is 8.28. The quantitative estimate of drug-likeness (QED) is 0.925.